The summed E-state index contributed by atoms with van der Waals surface area (Å²) in [5, 5.41) is 3.72. The lowest BCUT2D eigenvalue weighted by molar-refractivity contribution is -0.188. The SMILES string of the molecule is CCCCc1c2c(nc3cc4c(cc13)OCO4)-c1cc3c(c(=O)n1C2)COC(=O)[C@@]3(CC)OC(=O)CNC. The molecule has 38 heavy (non-hydrogen) atoms. The van der Waals surface area contributed by atoms with Crippen molar-refractivity contribution in [2.75, 3.05) is 20.4 Å². The molecule has 3 aromatic rings. The van der Waals surface area contributed by atoms with Crippen LogP contribution in [0.25, 0.3) is 22.3 Å². The van der Waals surface area contributed by atoms with E-state index in [1.54, 1.807) is 24.6 Å². The smallest absolute Gasteiger partial charge is 0.355 e. The van der Waals surface area contributed by atoms with Crippen molar-refractivity contribution in [1.82, 2.24) is 14.9 Å². The molecule has 3 aliphatic heterocycles. The van der Waals surface area contributed by atoms with Gasteiger partial charge in [0, 0.05) is 22.6 Å². The number of hydrogen-bond donors (Lipinski definition) is 1. The van der Waals surface area contributed by atoms with Gasteiger partial charge in [0.05, 0.1) is 35.6 Å². The Balaban J connectivity index is 1.58. The molecule has 1 atom stereocenters. The fourth-order valence-electron chi connectivity index (χ4n) is 5.72. The van der Waals surface area contributed by atoms with E-state index in [9.17, 15) is 14.4 Å². The van der Waals surface area contributed by atoms with Crippen LogP contribution in [-0.2, 0) is 44.2 Å². The summed E-state index contributed by atoms with van der Waals surface area (Å²) in [6.45, 7) is 4.15. The molecule has 0 radical (unpaired) electrons. The second-order valence-electron chi connectivity index (χ2n) is 9.82. The average Bonchev–Trinajstić information content (AvgIpc) is 3.52. The summed E-state index contributed by atoms with van der Waals surface area (Å²) in [6.07, 6.45) is 2.94. The monoisotopic (exact) mass is 519 g/mol. The highest BCUT2D eigenvalue weighted by molar-refractivity contribution is 5.92. The van der Waals surface area contributed by atoms with Crippen LogP contribution in [0.1, 0.15) is 55.4 Å². The van der Waals surface area contributed by atoms with Gasteiger partial charge in [0.2, 0.25) is 12.4 Å². The minimum Gasteiger partial charge on any atom is -0.457 e. The summed E-state index contributed by atoms with van der Waals surface area (Å²) in [7, 11) is 1.61. The molecule has 0 fully saturated rings. The molecule has 2 aromatic heterocycles. The van der Waals surface area contributed by atoms with Crippen LogP contribution >= 0.6 is 0 Å². The van der Waals surface area contributed by atoms with Crippen LogP contribution in [0.4, 0.5) is 0 Å². The molecule has 0 saturated carbocycles. The second kappa shape index (κ2) is 9.13. The molecule has 3 aliphatic rings. The van der Waals surface area contributed by atoms with Crippen LogP contribution in [0, 0.1) is 0 Å². The number of benzene rings is 1. The fourth-order valence-corrected chi connectivity index (χ4v) is 5.72. The van der Waals surface area contributed by atoms with Crippen molar-refractivity contribution in [2.24, 2.45) is 0 Å². The predicted molar refractivity (Wildman–Crippen MR) is 137 cm³/mol. The van der Waals surface area contributed by atoms with E-state index in [-0.39, 0.29) is 31.9 Å². The number of aryl methyl sites for hydroxylation is 1. The minimum absolute atomic E-state index is 0.0818. The highest BCUT2D eigenvalue weighted by Crippen LogP contribution is 2.44. The second-order valence-corrected chi connectivity index (χ2v) is 9.82. The van der Waals surface area contributed by atoms with Crippen LogP contribution in [0.3, 0.4) is 0 Å². The number of carbonyl (C=O) groups is 2. The number of unbranched alkanes of at least 4 members (excludes halogenated alkanes) is 1. The number of ether oxygens (including phenoxy) is 4. The Bertz CT molecular complexity index is 1560. The third-order valence-corrected chi connectivity index (χ3v) is 7.66. The van der Waals surface area contributed by atoms with E-state index >= 15 is 0 Å². The number of nitrogens with one attached hydrogen (secondary N) is 1. The predicted octanol–water partition coefficient (Wildman–Crippen LogP) is 2.92. The lowest BCUT2D eigenvalue weighted by Crippen LogP contribution is -2.48. The topological polar surface area (TPSA) is 118 Å². The minimum atomic E-state index is -1.70. The summed E-state index contributed by atoms with van der Waals surface area (Å²) in [6, 6.07) is 5.64. The molecular weight excluding hydrogens is 490 g/mol. The van der Waals surface area contributed by atoms with Crippen molar-refractivity contribution in [2.45, 2.75) is 58.3 Å². The van der Waals surface area contributed by atoms with Crippen molar-refractivity contribution in [3.63, 3.8) is 0 Å². The van der Waals surface area contributed by atoms with E-state index in [2.05, 4.69) is 12.2 Å². The van der Waals surface area contributed by atoms with Gasteiger partial charge in [0.25, 0.3) is 5.56 Å². The van der Waals surface area contributed by atoms with Gasteiger partial charge in [0.1, 0.15) is 6.61 Å². The highest BCUT2D eigenvalue weighted by Gasteiger charge is 2.50. The summed E-state index contributed by atoms with van der Waals surface area (Å²) >= 11 is 0. The van der Waals surface area contributed by atoms with Gasteiger partial charge in [0.15, 0.2) is 11.5 Å². The Labute approximate surface area is 218 Å². The lowest BCUT2D eigenvalue weighted by Gasteiger charge is -2.35. The van der Waals surface area contributed by atoms with Crippen LogP contribution in [-0.4, -0.2) is 41.9 Å². The van der Waals surface area contributed by atoms with Crippen LogP contribution in [0.15, 0.2) is 23.0 Å². The van der Waals surface area contributed by atoms with E-state index < -0.39 is 17.5 Å². The van der Waals surface area contributed by atoms with Crippen molar-refractivity contribution in [3.05, 3.63) is 50.8 Å². The number of pyridine rings is 2. The number of rotatable bonds is 7. The molecule has 5 heterocycles. The van der Waals surface area contributed by atoms with Gasteiger partial charge in [-0.1, -0.05) is 20.3 Å². The van der Waals surface area contributed by atoms with E-state index in [4.69, 9.17) is 23.9 Å². The first-order valence-corrected chi connectivity index (χ1v) is 13.0. The zero-order valence-electron chi connectivity index (χ0n) is 21.6. The number of esters is 2. The lowest BCUT2D eigenvalue weighted by atomic mass is 9.85. The van der Waals surface area contributed by atoms with E-state index in [0.717, 1.165) is 41.3 Å². The standard InChI is InChI=1S/C28H29N3O7/c1-4-6-7-15-16-8-22-23(37-14-36-22)10-20(16)30-25-17(15)12-31-21(25)9-19-18(26(31)33)13-35-27(34)28(19,5-2)38-24(32)11-29-3/h8-10,29H,4-7,11-14H2,1-3H3/t28-/m0/s1. The van der Waals surface area contributed by atoms with Gasteiger partial charge in [-0.3, -0.25) is 9.59 Å². The summed E-state index contributed by atoms with van der Waals surface area (Å²) in [5.74, 6) is 0.0351. The average molecular weight is 520 g/mol. The maximum absolute atomic E-state index is 13.8. The van der Waals surface area contributed by atoms with Crippen molar-refractivity contribution in [3.8, 4) is 22.9 Å². The quantitative estimate of drug-likeness (QED) is 0.368. The molecule has 1 N–H and O–H groups in total. The van der Waals surface area contributed by atoms with Gasteiger partial charge in [-0.25, -0.2) is 9.78 Å². The number of fused-ring (bicyclic) bond motifs is 6. The molecule has 10 heteroatoms. The molecule has 6 rings (SSSR count). The van der Waals surface area contributed by atoms with E-state index in [1.165, 1.54) is 0 Å². The molecule has 0 bridgehead atoms. The summed E-state index contributed by atoms with van der Waals surface area (Å²) in [5.41, 5.74) is 2.85. The largest absolute Gasteiger partial charge is 0.457 e. The molecule has 10 nitrogen and oxygen atoms in total. The van der Waals surface area contributed by atoms with Gasteiger partial charge >= 0.3 is 11.9 Å². The highest BCUT2D eigenvalue weighted by atomic mass is 16.7. The van der Waals surface area contributed by atoms with Gasteiger partial charge < -0.3 is 28.8 Å². The Morgan fingerprint density at radius 1 is 1.13 bits per heavy atom. The van der Waals surface area contributed by atoms with Gasteiger partial charge in [-0.15, -0.1) is 0 Å². The van der Waals surface area contributed by atoms with Gasteiger partial charge in [-0.2, -0.15) is 0 Å². The van der Waals surface area contributed by atoms with E-state index in [1.807, 2.05) is 12.1 Å². The normalized spacial score (nSPS) is 18.7. The molecule has 0 unspecified atom stereocenters. The number of cyclic esters (lactones) is 1. The molecule has 0 spiro atoms. The molecule has 198 valence electrons. The number of nitrogens with zero attached hydrogens (tertiary/aromatic N) is 2. The molecule has 0 saturated heterocycles. The van der Waals surface area contributed by atoms with Crippen molar-refractivity contribution >= 4 is 22.8 Å². The molecule has 0 aliphatic carbocycles. The first kappa shape index (κ1) is 24.4. The van der Waals surface area contributed by atoms with Crippen molar-refractivity contribution in [1.29, 1.82) is 0 Å². The maximum Gasteiger partial charge on any atom is 0.355 e. The molecule has 0 amide bonds. The van der Waals surface area contributed by atoms with Crippen LogP contribution in [0.2, 0.25) is 0 Å². The Hall–Kier alpha value is -3.92. The zero-order valence-corrected chi connectivity index (χ0v) is 21.6. The third kappa shape index (κ3) is 3.50. The van der Waals surface area contributed by atoms with Crippen LogP contribution in [0.5, 0.6) is 11.5 Å². The zero-order chi connectivity index (χ0) is 26.6. The fraction of sp³-hybridized carbons (Fsp3) is 0.429. The summed E-state index contributed by atoms with van der Waals surface area (Å²) < 4.78 is 24.0. The first-order chi connectivity index (χ1) is 18.4. The Kier molecular flexibility index (Phi) is 5.86. The van der Waals surface area contributed by atoms with E-state index in [0.29, 0.717) is 40.6 Å². The Morgan fingerprint density at radius 3 is 2.66 bits per heavy atom. The van der Waals surface area contributed by atoms with Crippen molar-refractivity contribution < 1.29 is 28.5 Å². The Morgan fingerprint density at radius 2 is 1.92 bits per heavy atom. The molecular formula is C28H29N3O7. The van der Waals surface area contributed by atoms with Gasteiger partial charge in [-0.05, 0) is 44.0 Å². The third-order valence-electron chi connectivity index (χ3n) is 7.66. The number of carbonyl (C=O) groups excluding carboxylic acids is 2. The number of aromatic nitrogens is 2. The summed E-state index contributed by atoms with van der Waals surface area (Å²) in [4.78, 5) is 44.4. The number of hydrogen-bond acceptors (Lipinski definition) is 9. The first-order valence-electron chi connectivity index (χ1n) is 13.0. The molecule has 1 aromatic carbocycles. The van der Waals surface area contributed by atoms with Crippen LogP contribution < -0.4 is 20.3 Å². The number of likely N-dealkylation sites (N-methyl/N-ethyl adjacent to an activating group) is 1. The maximum atomic E-state index is 13.8.